The minimum atomic E-state index is -1.05. The zero-order valence-electron chi connectivity index (χ0n) is 13.3. The molecule has 0 atom stereocenters. The Morgan fingerprint density at radius 1 is 1.11 bits per heavy atom. The number of hydrogen-bond donors (Lipinski definition) is 2. The summed E-state index contributed by atoms with van der Waals surface area (Å²) >= 11 is 19.8. The minimum Gasteiger partial charge on any atom is -0.478 e. The van der Waals surface area contributed by atoms with Gasteiger partial charge in [-0.05, 0) is 30.3 Å². The number of rotatable bonds is 4. The molecule has 4 rings (SSSR count). The molecular formula is C17H9Cl3N4O2S. The molecule has 0 bridgehead atoms. The van der Waals surface area contributed by atoms with Gasteiger partial charge in [0.1, 0.15) is 0 Å². The molecule has 2 aromatic carbocycles. The summed E-state index contributed by atoms with van der Waals surface area (Å²) in [6, 6.07) is 8.94. The normalized spacial score (nSPS) is 11.2. The van der Waals surface area contributed by atoms with Crippen LogP contribution in [0.3, 0.4) is 0 Å². The molecule has 0 amide bonds. The van der Waals surface area contributed by atoms with Crippen molar-refractivity contribution in [3.63, 3.8) is 0 Å². The molecule has 10 heteroatoms. The Morgan fingerprint density at radius 3 is 2.63 bits per heavy atom. The summed E-state index contributed by atoms with van der Waals surface area (Å²) in [6.45, 7) is 0. The van der Waals surface area contributed by atoms with Crippen LogP contribution in [-0.2, 0) is 0 Å². The molecule has 27 heavy (non-hydrogen) atoms. The first-order chi connectivity index (χ1) is 12.9. The monoisotopic (exact) mass is 438 g/mol. The van der Waals surface area contributed by atoms with Crippen LogP contribution in [0.15, 0.2) is 52.5 Å². The number of hydrogen-bond acceptors (Lipinski definition) is 4. The van der Waals surface area contributed by atoms with Gasteiger partial charge in [-0.25, -0.2) is 14.5 Å². The Kier molecular flexibility index (Phi) is 4.77. The van der Waals surface area contributed by atoms with Crippen LogP contribution in [0.2, 0.25) is 15.1 Å². The molecule has 0 fully saturated rings. The SMILES string of the molecule is O=C(O)c1cnn(-c2nc3cc(Sc4ccc(Cl)c(Cl)c4)c(Cl)cc3[nH]2)c1. The molecule has 4 aromatic rings. The first-order valence-electron chi connectivity index (χ1n) is 7.51. The number of halogens is 3. The number of aromatic nitrogens is 4. The van der Waals surface area contributed by atoms with Crippen LogP contribution in [0, 0.1) is 0 Å². The second-order valence-corrected chi connectivity index (χ2v) is 7.85. The van der Waals surface area contributed by atoms with E-state index >= 15 is 0 Å². The van der Waals surface area contributed by atoms with Gasteiger partial charge < -0.3 is 10.1 Å². The molecule has 0 aliphatic carbocycles. The van der Waals surface area contributed by atoms with Gasteiger partial charge in [0.15, 0.2) is 0 Å². The van der Waals surface area contributed by atoms with E-state index in [0.717, 1.165) is 9.79 Å². The van der Waals surface area contributed by atoms with E-state index in [4.69, 9.17) is 39.9 Å². The van der Waals surface area contributed by atoms with Crippen molar-refractivity contribution in [2.45, 2.75) is 9.79 Å². The topological polar surface area (TPSA) is 83.8 Å². The number of aromatic amines is 1. The number of aromatic carboxylic acids is 1. The lowest BCUT2D eigenvalue weighted by Crippen LogP contribution is -1.97. The van der Waals surface area contributed by atoms with Crippen LogP contribution >= 0.6 is 46.6 Å². The van der Waals surface area contributed by atoms with Crippen LogP contribution in [0.5, 0.6) is 0 Å². The summed E-state index contributed by atoms with van der Waals surface area (Å²) in [6.07, 6.45) is 2.64. The molecule has 0 aliphatic heterocycles. The Labute approximate surface area is 172 Å². The molecule has 6 nitrogen and oxygen atoms in total. The van der Waals surface area contributed by atoms with Crippen molar-refractivity contribution >= 4 is 63.6 Å². The third-order valence-corrected chi connectivity index (χ3v) is 5.90. The summed E-state index contributed by atoms with van der Waals surface area (Å²) < 4.78 is 1.36. The summed E-state index contributed by atoms with van der Waals surface area (Å²) in [5, 5.41) is 14.5. The molecule has 0 spiro atoms. The Hall–Kier alpha value is -2.19. The zero-order chi connectivity index (χ0) is 19.1. The second kappa shape index (κ2) is 7.09. The maximum atomic E-state index is 11.0. The van der Waals surface area contributed by atoms with E-state index in [-0.39, 0.29) is 5.56 Å². The fraction of sp³-hybridized carbons (Fsp3) is 0. The van der Waals surface area contributed by atoms with Crippen molar-refractivity contribution in [1.82, 2.24) is 19.7 Å². The Bertz CT molecular complexity index is 1190. The van der Waals surface area contributed by atoms with E-state index in [2.05, 4.69) is 15.1 Å². The smallest absolute Gasteiger partial charge is 0.338 e. The molecule has 2 aromatic heterocycles. The van der Waals surface area contributed by atoms with Crippen LogP contribution in [0.25, 0.3) is 17.0 Å². The molecule has 2 heterocycles. The highest BCUT2D eigenvalue weighted by Gasteiger charge is 2.13. The van der Waals surface area contributed by atoms with E-state index < -0.39 is 5.97 Å². The predicted molar refractivity (Wildman–Crippen MR) is 106 cm³/mol. The van der Waals surface area contributed by atoms with Crippen molar-refractivity contribution in [2.75, 3.05) is 0 Å². The van der Waals surface area contributed by atoms with E-state index in [0.29, 0.717) is 32.0 Å². The van der Waals surface area contributed by atoms with Gasteiger partial charge in [-0.3, -0.25) is 0 Å². The molecule has 136 valence electrons. The number of carboxylic acids is 1. The number of carbonyl (C=O) groups is 1. The summed E-state index contributed by atoms with van der Waals surface area (Å²) in [5.41, 5.74) is 1.45. The first-order valence-corrected chi connectivity index (χ1v) is 9.46. The maximum absolute atomic E-state index is 11.0. The molecule has 0 radical (unpaired) electrons. The van der Waals surface area contributed by atoms with Crippen LogP contribution in [0.1, 0.15) is 10.4 Å². The average molecular weight is 440 g/mol. The first kappa shape index (κ1) is 18.2. The summed E-state index contributed by atoms with van der Waals surface area (Å²) in [7, 11) is 0. The zero-order valence-corrected chi connectivity index (χ0v) is 16.4. The van der Waals surface area contributed by atoms with Crippen molar-refractivity contribution in [3.8, 4) is 5.95 Å². The quantitative estimate of drug-likeness (QED) is 0.435. The number of benzene rings is 2. The summed E-state index contributed by atoms with van der Waals surface area (Å²) in [5.74, 6) is -0.661. The van der Waals surface area contributed by atoms with Crippen LogP contribution in [0.4, 0.5) is 0 Å². The fourth-order valence-corrected chi connectivity index (χ4v) is 3.94. The Morgan fingerprint density at radius 2 is 1.93 bits per heavy atom. The maximum Gasteiger partial charge on any atom is 0.338 e. The lowest BCUT2D eigenvalue weighted by atomic mass is 10.3. The minimum absolute atomic E-state index is 0.0735. The molecule has 2 N–H and O–H groups in total. The van der Waals surface area contributed by atoms with Gasteiger partial charge >= 0.3 is 5.97 Å². The number of fused-ring (bicyclic) bond motifs is 1. The number of carboxylic acid groups (broad SMARTS) is 1. The fourth-order valence-electron chi connectivity index (χ4n) is 2.40. The molecule has 0 saturated carbocycles. The third-order valence-electron chi connectivity index (χ3n) is 3.69. The molecule has 0 aliphatic rings. The van der Waals surface area contributed by atoms with Crippen LogP contribution in [-0.4, -0.2) is 30.8 Å². The standard InChI is InChI=1S/C17H9Cl3N4O2S/c18-10-2-1-9(3-11(10)19)27-15-5-14-13(4-12(15)20)22-17(23-14)24-7-8(6-21-24)16(25)26/h1-7H,(H,22,23)(H,25,26). The van der Waals surface area contributed by atoms with Gasteiger partial charge in [-0.15, -0.1) is 0 Å². The number of imidazole rings is 1. The van der Waals surface area contributed by atoms with E-state index in [9.17, 15) is 4.79 Å². The predicted octanol–water partition coefficient (Wildman–Crippen LogP) is 5.56. The third kappa shape index (κ3) is 3.64. The highest BCUT2D eigenvalue weighted by molar-refractivity contribution is 7.99. The van der Waals surface area contributed by atoms with Crippen molar-refractivity contribution in [1.29, 1.82) is 0 Å². The average Bonchev–Trinajstić information content (AvgIpc) is 3.25. The van der Waals surface area contributed by atoms with Crippen molar-refractivity contribution < 1.29 is 9.90 Å². The van der Waals surface area contributed by atoms with E-state index in [1.807, 2.05) is 12.1 Å². The highest BCUT2D eigenvalue weighted by Crippen LogP contribution is 2.37. The van der Waals surface area contributed by atoms with Gasteiger partial charge in [-0.2, -0.15) is 5.10 Å². The second-order valence-electron chi connectivity index (χ2n) is 5.52. The van der Waals surface area contributed by atoms with Gasteiger partial charge in [0.2, 0.25) is 5.95 Å². The lowest BCUT2D eigenvalue weighted by molar-refractivity contribution is 0.0697. The molecule has 0 unspecified atom stereocenters. The van der Waals surface area contributed by atoms with Gasteiger partial charge in [0.05, 0.1) is 37.9 Å². The number of H-pyrrole nitrogens is 1. The lowest BCUT2D eigenvalue weighted by Gasteiger charge is -2.05. The highest BCUT2D eigenvalue weighted by atomic mass is 35.5. The van der Waals surface area contributed by atoms with Gasteiger partial charge in [-0.1, -0.05) is 46.6 Å². The van der Waals surface area contributed by atoms with E-state index in [1.54, 1.807) is 18.2 Å². The van der Waals surface area contributed by atoms with Gasteiger partial charge in [0, 0.05) is 16.0 Å². The number of nitrogens with zero attached hydrogens (tertiary/aromatic N) is 3. The Balaban J connectivity index is 1.70. The van der Waals surface area contributed by atoms with Crippen molar-refractivity contribution in [3.05, 3.63) is 63.4 Å². The molecular weight excluding hydrogens is 431 g/mol. The van der Waals surface area contributed by atoms with Gasteiger partial charge in [0.25, 0.3) is 0 Å². The van der Waals surface area contributed by atoms with Crippen LogP contribution < -0.4 is 0 Å². The van der Waals surface area contributed by atoms with Crippen molar-refractivity contribution in [2.24, 2.45) is 0 Å². The van der Waals surface area contributed by atoms with E-state index in [1.165, 1.54) is 28.8 Å². The number of nitrogens with one attached hydrogen (secondary N) is 1. The molecule has 0 saturated heterocycles. The summed E-state index contributed by atoms with van der Waals surface area (Å²) in [4.78, 5) is 20.2. The largest absolute Gasteiger partial charge is 0.478 e.